The molecule has 0 aliphatic heterocycles. The predicted octanol–water partition coefficient (Wildman–Crippen LogP) is 4.79. The number of benzene rings is 1. The van der Waals surface area contributed by atoms with Gasteiger partial charge >= 0.3 is 0 Å². The zero-order valence-electron chi connectivity index (χ0n) is 11.3. The van der Waals surface area contributed by atoms with E-state index in [9.17, 15) is 0 Å². The summed E-state index contributed by atoms with van der Waals surface area (Å²) in [5.74, 6) is 1.13. The van der Waals surface area contributed by atoms with Gasteiger partial charge in [-0.25, -0.2) is 0 Å². The molecule has 0 saturated heterocycles. The van der Waals surface area contributed by atoms with Crippen LogP contribution in [0, 0.1) is 12.8 Å². The highest BCUT2D eigenvalue weighted by Crippen LogP contribution is 2.27. The maximum Gasteiger partial charge on any atom is -0.000449 e. The lowest BCUT2D eigenvalue weighted by Crippen LogP contribution is -2.02. The summed E-state index contributed by atoms with van der Waals surface area (Å²) in [5, 5.41) is 0. The van der Waals surface area contributed by atoms with E-state index in [4.69, 9.17) is 0 Å². The van der Waals surface area contributed by atoms with Crippen molar-refractivity contribution in [2.24, 2.45) is 5.92 Å². The molecule has 1 aromatic carbocycles. The third-order valence-electron chi connectivity index (χ3n) is 3.53. The van der Waals surface area contributed by atoms with Gasteiger partial charge in [0.2, 0.25) is 0 Å². The van der Waals surface area contributed by atoms with Gasteiger partial charge in [-0.3, -0.25) is 0 Å². The molecule has 1 aromatic rings. The Hall–Kier alpha value is -1.30. The van der Waals surface area contributed by atoms with E-state index in [0.29, 0.717) is 11.8 Å². The SMILES string of the molecule is CC1=C/C(C)Cc2cc(C)ccc2C(C)/C=C\1. The van der Waals surface area contributed by atoms with Crippen LogP contribution in [0.2, 0.25) is 0 Å². The molecule has 2 unspecified atom stereocenters. The fourth-order valence-electron chi connectivity index (χ4n) is 2.67. The third kappa shape index (κ3) is 2.88. The topological polar surface area (TPSA) is 0 Å². The highest BCUT2D eigenvalue weighted by atomic mass is 14.2. The fourth-order valence-corrected chi connectivity index (χ4v) is 2.67. The van der Waals surface area contributed by atoms with Crippen molar-refractivity contribution >= 4 is 0 Å². The number of aryl methyl sites for hydroxylation is 1. The molecular weight excluding hydrogens is 204 g/mol. The molecule has 0 radical (unpaired) electrons. The minimum absolute atomic E-state index is 0.513. The quantitative estimate of drug-likeness (QED) is 0.596. The summed E-state index contributed by atoms with van der Waals surface area (Å²) in [7, 11) is 0. The summed E-state index contributed by atoms with van der Waals surface area (Å²) in [6.07, 6.45) is 8.11. The van der Waals surface area contributed by atoms with Gasteiger partial charge in [0, 0.05) is 0 Å². The van der Waals surface area contributed by atoms with Crippen molar-refractivity contribution in [2.75, 3.05) is 0 Å². The van der Waals surface area contributed by atoms with E-state index in [0.717, 1.165) is 6.42 Å². The largest absolute Gasteiger partial charge is 0.0784 e. The Morgan fingerprint density at radius 1 is 1.12 bits per heavy atom. The van der Waals surface area contributed by atoms with E-state index in [2.05, 4.69) is 64.1 Å². The lowest BCUT2D eigenvalue weighted by molar-refractivity contribution is 0.711. The first kappa shape index (κ1) is 12.2. The highest BCUT2D eigenvalue weighted by Gasteiger charge is 2.12. The Bertz CT molecular complexity index is 463. The van der Waals surface area contributed by atoms with Crippen LogP contribution in [0.3, 0.4) is 0 Å². The van der Waals surface area contributed by atoms with Crippen molar-refractivity contribution in [3.8, 4) is 0 Å². The van der Waals surface area contributed by atoms with E-state index < -0.39 is 0 Å². The van der Waals surface area contributed by atoms with Crippen LogP contribution >= 0.6 is 0 Å². The Balaban J connectivity index is 2.48. The van der Waals surface area contributed by atoms with Gasteiger partial charge in [0.15, 0.2) is 0 Å². The van der Waals surface area contributed by atoms with Gasteiger partial charge in [-0.2, -0.15) is 0 Å². The van der Waals surface area contributed by atoms with Crippen LogP contribution in [0.15, 0.2) is 42.0 Å². The van der Waals surface area contributed by atoms with Crippen molar-refractivity contribution in [3.63, 3.8) is 0 Å². The van der Waals surface area contributed by atoms with Crippen molar-refractivity contribution < 1.29 is 0 Å². The molecule has 1 aliphatic rings. The number of fused-ring (bicyclic) bond motifs is 1. The lowest BCUT2D eigenvalue weighted by Gasteiger charge is -2.15. The van der Waals surface area contributed by atoms with E-state index in [1.165, 1.54) is 22.3 Å². The zero-order chi connectivity index (χ0) is 12.4. The molecule has 0 fully saturated rings. The van der Waals surface area contributed by atoms with Gasteiger partial charge in [0.1, 0.15) is 0 Å². The van der Waals surface area contributed by atoms with E-state index in [1.54, 1.807) is 0 Å². The maximum absolute atomic E-state index is 2.38. The minimum atomic E-state index is 0.513. The predicted molar refractivity (Wildman–Crippen MR) is 75.4 cm³/mol. The molecule has 0 nitrogen and oxygen atoms in total. The van der Waals surface area contributed by atoms with Crippen LogP contribution in [0.25, 0.3) is 0 Å². The summed E-state index contributed by atoms with van der Waals surface area (Å²) in [6, 6.07) is 6.88. The Kier molecular flexibility index (Phi) is 3.51. The van der Waals surface area contributed by atoms with Crippen molar-refractivity contribution in [3.05, 3.63) is 58.7 Å². The van der Waals surface area contributed by atoms with E-state index >= 15 is 0 Å². The minimum Gasteiger partial charge on any atom is -0.0784 e. The molecule has 17 heavy (non-hydrogen) atoms. The normalized spacial score (nSPS) is 29.3. The van der Waals surface area contributed by atoms with Gasteiger partial charge in [0.05, 0.1) is 0 Å². The standard InChI is InChI=1S/C17H22/c1-12-5-7-15(4)17-8-6-13(2)10-16(17)11-14(3)9-12/h5-10,14-15H,11H2,1-4H3/b7-5-,12-9-. The fraction of sp³-hybridized carbons (Fsp3) is 0.412. The molecular formula is C17H22. The van der Waals surface area contributed by atoms with Gasteiger partial charge in [-0.05, 0) is 43.2 Å². The molecule has 0 aromatic heterocycles. The highest BCUT2D eigenvalue weighted by molar-refractivity contribution is 5.38. The van der Waals surface area contributed by atoms with Gasteiger partial charge in [-0.1, -0.05) is 61.4 Å². The van der Waals surface area contributed by atoms with Crippen LogP contribution in [-0.2, 0) is 6.42 Å². The molecule has 0 heteroatoms. The second-order valence-corrected chi connectivity index (χ2v) is 5.44. The number of hydrogen-bond acceptors (Lipinski definition) is 0. The first-order valence-electron chi connectivity index (χ1n) is 6.52. The van der Waals surface area contributed by atoms with Crippen LogP contribution in [0.1, 0.15) is 43.4 Å². The summed E-state index contributed by atoms with van der Waals surface area (Å²) in [5.41, 5.74) is 5.75. The van der Waals surface area contributed by atoms with Crippen LogP contribution < -0.4 is 0 Å². The van der Waals surface area contributed by atoms with Gasteiger partial charge in [-0.15, -0.1) is 0 Å². The van der Waals surface area contributed by atoms with Crippen molar-refractivity contribution in [1.29, 1.82) is 0 Å². The first-order chi connectivity index (χ1) is 8.06. The Morgan fingerprint density at radius 2 is 1.88 bits per heavy atom. The number of allylic oxidation sites excluding steroid dienone is 4. The smallest absolute Gasteiger partial charge is 0.000449 e. The van der Waals surface area contributed by atoms with Gasteiger partial charge < -0.3 is 0 Å². The van der Waals surface area contributed by atoms with Crippen molar-refractivity contribution in [1.82, 2.24) is 0 Å². The van der Waals surface area contributed by atoms with E-state index in [-0.39, 0.29) is 0 Å². The average molecular weight is 226 g/mol. The third-order valence-corrected chi connectivity index (χ3v) is 3.53. The Labute approximate surface area is 105 Å². The second-order valence-electron chi connectivity index (χ2n) is 5.44. The van der Waals surface area contributed by atoms with E-state index in [1.807, 2.05) is 0 Å². The molecule has 2 atom stereocenters. The molecule has 0 bridgehead atoms. The van der Waals surface area contributed by atoms with Gasteiger partial charge in [0.25, 0.3) is 0 Å². The average Bonchev–Trinajstić information content (AvgIpc) is 2.29. The molecule has 1 aliphatic carbocycles. The molecule has 0 N–H and O–H groups in total. The molecule has 2 rings (SSSR count). The molecule has 90 valence electrons. The molecule has 0 spiro atoms. The number of hydrogen-bond donors (Lipinski definition) is 0. The molecule has 0 heterocycles. The summed E-state index contributed by atoms with van der Waals surface area (Å²) in [4.78, 5) is 0. The van der Waals surface area contributed by atoms with Crippen molar-refractivity contribution in [2.45, 2.75) is 40.0 Å². The van der Waals surface area contributed by atoms with Crippen LogP contribution in [0.4, 0.5) is 0 Å². The van der Waals surface area contributed by atoms with Crippen LogP contribution in [0.5, 0.6) is 0 Å². The summed E-state index contributed by atoms with van der Waals surface area (Å²) < 4.78 is 0. The Morgan fingerprint density at radius 3 is 2.65 bits per heavy atom. The second kappa shape index (κ2) is 4.91. The lowest BCUT2D eigenvalue weighted by atomic mass is 9.90. The zero-order valence-corrected chi connectivity index (χ0v) is 11.3. The maximum atomic E-state index is 2.38. The number of rotatable bonds is 0. The summed E-state index contributed by atoms with van der Waals surface area (Å²) in [6.45, 7) is 8.97. The van der Waals surface area contributed by atoms with Crippen LogP contribution in [-0.4, -0.2) is 0 Å². The summed E-state index contributed by atoms with van der Waals surface area (Å²) >= 11 is 0. The first-order valence-corrected chi connectivity index (χ1v) is 6.52. The molecule has 0 amide bonds. The monoisotopic (exact) mass is 226 g/mol. The molecule has 0 saturated carbocycles.